The number of rotatable bonds is 5. The maximum absolute atomic E-state index is 12.0. The zero-order valence-electron chi connectivity index (χ0n) is 10.7. The van der Waals surface area contributed by atoms with Crippen LogP contribution >= 0.6 is 0 Å². The molecule has 0 unspecified atom stereocenters. The maximum atomic E-state index is 12.0. The van der Waals surface area contributed by atoms with E-state index in [9.17, 15) is 19.7 Å². The van der Waals surface area contributed by atoms with Crippen molar-refractivity contribution < 1.29 is 19.6 Å². The zero-order valence-corrected chi connectivity index (χ0v) is 10.7. The summed E-state index contributed by atoms with van der Waals surface area (Å²) in [5, 5.41) is 25.3. The average molecular weight is 270 g/mol. The van der Waals surface area contributed by atoms with E-state index in [0.717, 1.165) is 17.1 Å². The molecule has 9 heteroatoms. The summed E-state index contributed by atoms with van der Waals surface area (Å²) in [5.41, 5.74) is -1.48. The lowest BCUT2D eigenvalue weighted by Gasteiger charge is -2.25. The summed E-state index contributed by atoms with van der Waals surface area (Å²) in [6.07, 6.45) is 2.14. The Labute approximate surface area is 108 Å². The van der Waals surface area contributed by atoms with Gasteiger partial charge in [-0.3, -0.25) is 24.4 Å². The number of carbonyl (C=O) groups is 2. The zero-order chi connectivity index (χ0) is 14.8. The molecule has 0 fully saturated rings. The van der Waals surface area contributed by atoms with Crippen molar-refractivity contribution in [2.45, 2.75) is 32.4 Å². The Kier molecular flexibility index (Phi) is 3.88. The van der Waals surface area contributed by atoms with Gasteiger partial charge in [-0.05, 0) is 20.8 Å². The second-order valence-corrected chi connectivity index (χ2v) is 4.49. The number of carboxylic acid groups (broad SMARTS) is 1. The molecule has 9 nitrogen and oxygen atoms in total. The molecule has 1 rings (SSSR count). The van der Waals surface area contributed by atoms with Crippen LogP contribution in [0.3, 0.4) is 0 Å². The molecule has 0 saturated heterocycles. The summed E-state index contributed by atoms with van der Waals surface area (Å²) in [4.78, 5) is 32.5. The summed E-state index contributed by atoms with van der Waals surface area (Å²) in [6, 6.07) is -1.06. The highest BCUT2D eigenvalue weighted by molar-refractivity contribution is 5.87. The molecular weight excluding hydrogens is 256 g/mol. The topological polar surface area (TPSA) is 127 Å². The average Bonchev–Trinajstić information content (AvgIpc) is 2.78. The molecule has 1 aromatic rings. The van der Waals surface area contributed by atoms with E-state index in [2.05, 4.69) is 10.4 Å². The van der Waals surface area contributed by atoms with Crippen LogP contribution in [0.25, 0.3) is 0 Å². The summed E-state index contributed by atoms with van der Waals surface area (Å²) in [7, 11) is 0. The van der Waals surface area contributed by atoms with Gasteiger partial charge >= 0.3 is 11.7 Å². The van der Waals surface area contributed by atoms with Crippen molar-refractivity contribution in [3.63, 3.8) is 0 Å². The van der Waals surface area contributed by atoms with Gasteiger partial charge in [0.2, 0.25) is 5.91 Å². The van der Waals surface area contributed by atoms with E-state index >= 15 is 0 Å². The summed E-state index contributed by atoms with van der Waals surface area (Å²) < 4.78 is 1.12. The first-order valence-electron chi connectivity index (χ1n) is 5.39. The fraction of sp³-hybridized carbons (Fsp3) is 0.500. The quantitative estimate of drug-likeness (QED) is 0.577. The lowest BCUT2D eigenvalue weighted by Crippen LogP contribution is -2.49. The van der Waals surface area contributed by atoms with E-state index in [1.165, 1.54) is 20.8 Å². The third-order valence-corrected chi connectivity index (χ3v) is 2.63. The minimum absolute atomic E-state index is 0.243. The van der Waals surface area contributed by atoms with Crippen molar-refractivity contribution in [2.24, 2.45) is 0 Å². The highest BCUT2D eigenvalue weighted by Crippen LogP contribution is 2.18. The first-order valence-corrected chi connectivity index (χ1v) is 5.39. The number of nitrogens with zero attached hydrogens (tertiary/aromatic N) is 3. The van der Waals surface area contributed by atoms with E-state index in [1.54, 1.807) is 0 Å². The fourth-order valence-electron chi connectivity index (χ4n) is 1.25. The van der Waals surface area contributed by atoms with Gasteiger partial charge in [-0.1, -0.05) is 0 Å². The van der Waals surface area contributed by atoms with Crippen molar-refractivity contribution in [2.75, 3.05) is 0 Å². The molecule has 19 heavy (non-hydrogen) atoms. The second kappa shape index (κ2) is 5.04. The SMILES string of the molecule is C[C@H](NC(=O)C(C)(C)n1cc([N+](=O)[O-])cn1)C(=O)O. The smallest absolute Gasteiger partial charge is 0.325 e. The molecule has 1 aromatic heterocycles. The summed E-state index contributed by atoms with van der Waals surface area (Å²) in [5.74, 6) is -1.77. The van der Waals surface area contributed by atoms with Gasteiger partial charge in [0, 0.05) is 0 Å². The molecule has 1 amide bonds. The Bertz CT molecular complexity index is 522. The molecule has 0 aliphatic heterocycles. The van der Waals surface area contributed by atoms with Crippen LogP contribution in [0.1, 0.15) is 20.8 Å². The van der Waals surface area contributed by atoms with Gasteiger partial charge in [0.05, 0.1) is 4.92 Å². The van der Waals surface area contributed by atoms with Gasteiger partial charge in [0.25, 0.3) is 0 Å². The van der Waals surface area contributed by atoms with E-state index in [-0.39, 0.29) is 5.69 Å². The monoisotopic (exact) mass is 270 g/mol. The van der Waals surface area contributed by atoms with Crippen molar-refractivity contribution in [1.29, 1.82) is 0 Å². The lowest BCUT2D eigenvalue weighted by atomic mass is 10.0. The molecule has 1 heterocycles. The van der Waals surface area contributed by atoms with Crippen LogP contribution in [0.15, 0.2) is 12.4 Å². The number of hydrogen-bond donors (Lipinski definition) is 2. The number of nitrogens with one attached hydrogen (secondary N) is 1. The minimum atomic E-state index is -1.24. The van der Waals surface area contributed by atoms with Crippen LogP contribution in [0, 0.1) is 10.1 Å². The summed E-state index contributed by atoms with van der Waals surface area (Å²) >= 11 is 0. The standard InChI is InChI=1S/C10H14N4O5/c1-6(8(15)16)12-9(17)10(2,3)13-5-7(4-11-13)14(18)19/h4-6H,1-3H3,(H,12,17)(H,15,16)/t6-/m0/s1. The number of carboxylic acids is 1. The number of aromatic nitrogens is 2. The van der Waals surface area contributed by atoms with Crippen molar-refractivity contribution in [1.82, 2.24) is 15.1 Å². The molecule has 0 aliphatic rings. The van der Waals surface area contributed by atoms with Crippen molar-refractivity contribution in [3.8, 4) is 0 Å². The minimum Gasteiger partial charge on any atom is -0.480 e. The van der Waals surface area contributed by atoms with Crippen LogP contribution < -0.4 is 5.32 Å². The van der Waals surface area contributed by atoms with Crippen LogP contribution in [0.2, 0.25) is 0 Å². The number of carbonyl (C=O) groups excluding carboxylic acids is 1. The third-order valence-electron chi connectivity index (χ3n) is 2.63. The largest absolute Gasteiger partial charge is 0.480 e. The first kappa shape index (κ1) is 14.6. The van der Waals surface area contributed by atoms with Gasteiger partial charge in [0.1, 0.15) is 24.0 Å². The third kappa shape index (κ3) is 3.06. The van der Waals surface area contributed by atoms with Crippen molar-refractivity contribution in [3.05, 3.63) is 22.5 Å². The van der Waals surface area contributed by atoms with E-state index in [1.807, 2.05) is 0 Å². The van der Waals surface area contributed by atoms with Crippen LogP contribution in [-0.4, -0.2) is 37.7 Å². The Morgan fingerprint density at radius 3 is 2.58 bits per heavy atom. The van der Waals surface area contributed by atoms with Crippen LogP contribution in [0.4, 0.5) is 5.69 Å². The lowest BCUT2D eigenvalue weighted by molar-refractivity contribution is -0.385. The molecule has 0 bridgehead atoms. The highest BCUT2D eigenvalue weighted by Gasteiger charge is 2.33. The highest BCUT2D eigenvalue weighted by atomic mass is 16.6. The van der Waals surface area contributed by atoms with Crippen molar-refractivity contribution >= 4 is 17.6 Å². The number of amides is 1. The molecule has 0 aliphatic carbocycles. The van der Waals surface area contributed by atoms with Gasteiger partial charge in [-0.25, -0.2) is 0 Å². The number of hydrogen-bond acceptors (Lipinski definition) is 5. The van der Waals surface area contributed by atoms with Gasteiger partial charge in [0.15, 0.2) is 0 Å². The van der Waals surface area contributed by atoms with E-state index in [0.29, 0.717) is 0 Å². The predicted octanol–water partition coefficient (Wildman–Crippen LogP) is 0.116. The molecule has 0 radical (unpaired) electrons. The Morgan fingerprint density at radius 2 is 2.16 bits per heavy atom. The molecule has 0 aromatic carbocycles. The van der Waals surface area contributed by atoms with Crippen LogP contribution in [0.5, 0.6) is 0 Å². The molecule has 0 spiro atoms. The number of aliphatic carboxylic acids is 1. The van der Waals surface area contributed by atoms with E-state index < -0.39 is 28.4 Å². The molecule has 1 atom stereocenters. The molecule has 0 saturated carbocycles. The second-order valence-electron chi connectivity index (χ2n) is 4.49. The van der Waals surface area contributed by atoms with Gasteiger partial charge in [-0.15, -0.1) is 0 Å². The van der Waals surface area contributed by atoms with Gasteiger partial charge < -0.3 is 10.4 Å². The number of nitro groups is 1. The molecular formula is C10H14N4O5. The normalized spacial score (nSPS) is 12.8. The molecule has 104 valence electrons. The van der Waals surface area contributed by atoms with E-state index in [4.69, 9.17) is 5.11 Å². The molecule has 2 N–H and O–H groups in total. The fourth-order valence-corrected chi connectivity index (χ4v) is 1.25. The maximum Gasteiger partial charge on any atom is 0.325 e. The Balaban J connectivity index is 2.92. The first-order chi connectivity index (χ1) is 8.66. The predicted molar refractivity (Wildman–Crippen MR) is 63.4 cm³/mol. The Hall–Kier alpha value is -2.45. The Morgan fingerprint density at radius 1 is 1.58 bits per heavy atom. The van der Waals surface area contributed by atoms with Crippen LogP contribution in [-0.2, 0) is 15.1 Å². The van der Waals surface area contributed by atoms with Gasteiger partial charge in [-0.2, -0.15) is 5.10 Å². The summed E-state index contributed by atoms with van der Waals surface area (Å²) in [6.45, 7) is 4.28.